The van der Waals surface area contributed by atoms with Crippen molar-refractivity contribution in [3.8, 4) is 0 Å². The third-order valence-electron chi connectivity index (χ3n) is 11.5. The number of allylic oxidation sites excluding steroid dienone is 14. The Bertz CT molecular complexity index is 1270. The molecule has 0 heterocycles. The van der Waals surface area contributed by atoms with Crippen molar-refractivity contribution < 1.29 is 28.6 Å². The molecule has 0 bridgehead atoms. The highest BCUT2D eigenvalue weighted by Gasteiger charge is 2.19. The number of unbranched alkanes of at least 4 members (excludes halogenated alkanes) is 26. The van der Waals surface area contributed by atoms with E-state index in [0.717, 1.165) is 109 Å². The molecular formula is C59H100O6. The van der Waals surface area contributed by atoms with Crippen molar-refractivity contribution in [2.45, 2.75) is 258 Å². The Kier molecular flexibility index (Phi) is 50.4. The quantitative estimate of drug-likeness (QED) is 0.0199. The SMILES string of the molecule is CC\C=C/C=C\C=C/C=C\CCCCCCCC(=O)OCC(COC(=O)CCCCCCCC/C=C\C/C=C\C/C=C\CC)OC(=O)CCCCCCCCCCCCCCCCCC. The summed E-state index contributed by atoms with van der Waals surface area (Å²) in [6.07, 6.45) is 68.5. The third-order valence-corrected chi connectivity index (χ3v) is 11.5. The molecule has 6 nitrogen and oxygen atoms in total. The van der Waals surface area contributed by atoms with Gasteiger partial charge in [-0.3, -0.25) is 14.4 Å². The van der Waals surface area contributed by atoms with Crippen LogP contribution in [-0.2, 0) is 28.6 Å². The number of hydrogen-bond donors (Lipinski definition) is 0. The van der Waals surface area contributed by atoms with Gasteiger partial charge in [-0.15, -0.1) is 0 Å². The molecule has 6 heteroatoms. The second kappa shape index (κ2) is 53.2. The highest BCUT2D eigenvalue weighted by atomic mass is 16.6. The average Bonchev–Trinajstić information content (AvgIpc) is 3.30. The first kappa shape index (κ1) is 61.6. The van der Waals surface area contributed by atoms with Crippen molar-refractivity contribution in [3.63, 3.8) is 0 Å². The summed E-state index contributed by atoms with van der Waals surface area (Å²) in [6.45, 7) is 6.37. The summed E-state index contributed by atoms with van der Waals surface area (Å²) >= 11 is 0. The van der Waals surface area contributed by atoms with Crippen LogP contribution in [0.2, 0.25) is 0 Å². The maximum absolute atomic E-state index is 12.8. The monoisotopic (exact) mass is 905 g/mol. The number of rotatable bonds is 48. The first-order chi connectivity index (χ1) is 32.0. The zero-order chi connectivity index (χ0) is 47.2. The molecule has 1 unspecified atom stereocenters. The van der Waals surface area contributed by atoms with Crippen molar-refractivity contribution in [1.29, 1.82) is 0 Å². The summed E-state index contributed by atoms with van der Waals surface area (Å²) in [4.78, 5) is 38.1. The van der Waals surface area contributed by atoms with Crippen LogP contribution in [0.4, 0.5) is 0 Å². The van der Waals surface area contributed by atoms with Crippen molar-refractivity contribution in [3.05, 3.63) is 85.1 Å². The minimum Gasteiger partial charge on any atom is -0.462 e. The number of carbonyl (C=O) groups excluding carboxylic acids is 3. The second-order valence-corrected chi connectivity index (χ2v) is 17.8. The van der Waals surface area contributed by atoms with Gasteiger partial charge in [-0.25, -0.2) is 0 Å². The Balaban J connectivity index is 4.43. The van der Waals surface area contributed by atoms with Crippen LogP contribution in [0.3, 0.4) is 0 Å². The van der Waals surface area contributed by atoms with E-state index in [1.54, 1.807) is 0 Å². The lowest BCUT2D eigenvalue weighted by atomic mass is 10.0. The highest BCUT2D eigenvalue weighted by Crippen LogP contribution is 2.16. The molecule has 1 atom stereocenters. The molecule has 0 radical (unpaired) electrons. The zero-order valence-corrected chi connectivity index (χ0v) is 42.5. The molecule has 0 aromatic heterocycles. The van der Waals surface area contributed by atoms with Crippen LogP contribution in [-0.4, -0.2) is 37.2 Å². The van der Waals surface area contributed by atoms with Crippen LogP contribution in [0.25, 0.3) is 0 Å². The van der Waals surface area contributed by atoms with Crippen molar-refractivity contribution in [2.75, 3.05) is 13.2 Å². The standard InChI is InChI=1S/C59H100O6/c1-4-7-10-13-16-19-22-25-28-31-34-37-40-43-46-49-52-58(61)64-55-56(54-63-57(60)51-48-45-42-39-36-33-30-27-24-21-18-15-12-9-6-3)65-59(62)53-50-47-44-41-38-35-32-29-26-23-20-17-14-11-8-5-2/h7,9-10,12,15-16,18-19,21,24-25,27-28,30,56H,4-6,8,11,13-14,17,20,22-23,26,29,31-55H2,1-3H3/b10-7-,12-9-,18-15-,19-16-,24-21-,28-25-,30-27-. The lowest BCUT2D eigenvalue weighted by Crippen LogP contribution is -2.30. The maximum Gasteiger partial charge on any atom is 0.306 e. The van der Waals surface area contributed by atoms with Gasteiger partial charge >= 0.3 is 17.9 Å². The van der Waals surface area contributed by atoms with Crippen molar-refractivity contribution >= 4 is 17.9 Å². The summed E-state index contributed by atoms with van der Waals surface area (Å²) in [5.74, 6) is -0.920. The van der Waals surface area contributed by atoms with Gasteiger partial charge in [0.2, 0.25) is 0 Å². The molecule has 0 N–H and O–H groups in total. The molecule has 65 heavy (non-hydrogen) atoms. The molecule has 0 aromatic rings. The summed E-state index contributed by atoms with van der Waals surface area (Å²) in [5.41, 5.74) is 0. The summed E-state index contributed by atoms with van der Waals surface area (Å²) in [7, 11) is 0. The van der Waals surface area contributed by atoms with Gasteiger partial charge in [0.05, 0.1) is 0 Å². The zero-order valence-electron chi connectivity index (χ0n) is 42.5. The smallest absolute Gasteiger partial charge is 0.306 e. The molecule has 0 aliphatic carbocycles. The van der Waals surface area contributed by atoms with Crippen molar-refractivity contribution in [1.82, 2.24) is 0 Å². The predicted molar refractivity (Wildman–Crippen MR) is 279 cm³/mol. The molecule has 0 aliphatic rings. The summed E-state index contributed by atoms with van der Waals surface area (Å²) < 4.78 is 16.8. The predicted octanol–water partition coefficient (Wildman–Crippen LogP) is 18.0. The van der Waals surface area contributed by atoms with Gasteiger partial charge in [-0.2, -0.15) is 0 Å². The number of esters is 3. The van der Waals surface area contributed by atoms with Crippen LogP contribution in [0, 0.1) is 0 Å². The summed E-state index contributed by atoms with van der Waals surface area (Å²) in [5, 5.41) is 0. The van der Waals surface area contributed by atoms with E-state index in [4.69, 9.17) is 14.2 Å². The van der Waals surface area contributed by atoms with Gasteiger partial charge in [0, 0.05) is 19.3 Å². The van der Waals surface area contributed by atoms with Crippen molar-refractivity contribution in [2.24, 2.45) is 0 Å². The lowest BCUT2D eigenvalue weighted by molar-refractivity contribution is -0.167. The Morgan fingerprint density at radius 2 is 0.677 bits per heavy atom. The lowest BCUT2D eigenvalue weighted by Gasteiger charge is -2.18. The fourth-order valence-electron chi connectivity index (χ4n) is 7.47. The van der Waals surface area contributed by atoms with Crippen LogP contribution < -0.4 is 0 Å². The molecule has 0 rings (SSSR count). The number of carbonyl (C=O) groups is 3. The molecule has 0 spiro atoms. The first-order valence-corrected chi connectivity index (χ1v) is 27.1. The van der Waals surface area contributed by atoms with Crippen LogP contribution in [0.5, 0.6) is 0 Å². The van der Waals surface area contributed by atoms with Gasteiger partial charge in [0.1, 0.15) is 13.2 Å². The minimum atomic E-state index is -0.790. The first-order valence-electron chi connectivity index (χ1n) is 27.1. The Labute approximate surface area is 401 Å². The molecule has 0 aliphatic heterocycles. The minimum absolute atomic E-state index is 0.0900. The topological polar surface area (TPSA) is 78.9 Å². The highest BCUT2D eigenvalue weighted by molar-refractivity contribution is 5.71. The molecule has 0 saturated carbocycles. The van der Waals surface area contributed by atoms with Crippen LogP contribution >= 0.6 is 0 Å². The summed E-state index contributed by atoms with van der Waals surface area (Å²) in [6, 6.07) is 0. The fraction of sp³-hybridized carbons (Fsp3) is 0.712. The van der Waals surface area contributed by atoms with Gasteiger partial charge < -0.3 is 14.2 Å². The van der Waals surface area contributed by atoms with E-state index in [-0.39, 0.29) is 31.1 Å². The Morgan fingerprint density at radius 3 is 1.12 bits per heavy atom. The fourth-order valence-corrected chi connectivity index (χ4v) is 7.47. The molecular weight excluding hydrogens is 805 g/mol. The van der Waals surface area contributed by atoms with E-state index in [1.165, 1.54) is 103 Å². The van der Waals surface area contributed by atoms with E-state index in [2.05, 4.69) is 87.6 Å². The van der Waals surface area contributed by atoms with Gasteiger partial charge in [0.15, 0.2) is 6.10 Å². The van der Waals surface area contributed by atoms with Gasteiger partial charge in [-0.05, 0) is 70.6 Å². The molecule has 0 saturated heterocycles. The number of hydrogen-bond acceptors (Lipinski definition) is 6. The molecule has 0 amide bonds. The van der Waals surface area contributed by atoms with E-state index >= 15 is 0 Å². The second-order valence-electron chi connectivity index (χ2n) is 17.8. The Morgan fingerprint density at radius 1 is 0.338 bits per heavy atom. The largest absolute Gasteiger partial charge is 0.462 e. The normalized spacial score (nSPS) is 12.7. The van der Waals surface area contributed by atoms with Crippen LogP contribution in [0.1, 0.15) is 252 Å². The van der Waals surface area contributed by atoms with E-state index in [9.17, 15) is 14.4 Å². The average molecular weight is 905 g/mol. The van der Waals surface area contributed by atoms with E-state index in [0.29, 0.717) is 19.3 Å². The van der Waals surface area contributed by atoms with Crippen LogP contribution in [0.15, 0.2) is 85.1 Å². The number of ether oxygens (including phenoxy) is 3. The molecule has 0 aromatic carbocycles. The Hall–Kier alpha value is -3.41. The van der Waals surface area contributed by atoms with Gasteiger partial charge in [0.25, 0.3) is 0 Å². The third kappa shape index (κ3) is 51.4. The van der Waals surface area contributed by atoms with E-state index < -0.39 is 6.10 Å². The molecule has 0 fully saturated rings. The van der Waals surface area contributed by atoms with Gasteiger partial charge in [-0.1, -0.05) is 247 Å². The maximum atomic E-state index is 12.8. The van der Waals surface area contributed by atoms with E-state index in [1.807, 2.05) is 18.2 Å². The molecule has 372 valence electrons.